The molecule has 2 aliphatic heterocycles. The Morgan fingerprint density at radius 3 is 1.91 bits per heavy atom. The molecule has 9 heteroatoms. The van der Waals surface area contributed by atoms with Crippen LogP contribution in [0.2, 0.25) is 0 Å². The number of H-pyrrole nitrogens is 2. The number of hydrogen-bond acceptors (Lipinski definition) is 6. The van der Waals surface area contributed by atoms with Crippen molar-refractivity contribution in [3.05, 3.63) is 93.2 Å². The summed E-state index contributed by atoms with van der Waals surface area (Å²) in [6.07, 6.45) is 18.8. The van der Waals surface area contributed by atoms with Gasteiger partial charge in [-0.15, -0.1) is 0 Å². The molecule has 2 N–H and O–H groups in total. The number of pyridine rings is 1. The quantitative estimate of drug-likeness (QED) is 0.120. The van der Waals surface area contributed by atoms with Gasteiger partial charge in [0, 0.05) is 66.8 Å². The van der Waals surface area contributed by atoms with E-state index in [1.165, 1.54) is 30.4 Å². The normalized spacial score (nSPS) is 12.7. The first-order valence-electron chi connectivity index (χ1n) is 18.4. The van der Waals surface area contributed by atoms with Crippen molar-refractivity contribution in [1.29, 1.82) is 0 Å². The van der Waals surface area contributed by atoms with Crippen LogP contribution in [0.1, 0.15) is 92.7 Å². The molecule has 0 fully saturated rings. The summed E-state index contributed by atoms with van der Waals surface area (Å²) in [5, 5.41) is 0. The van der Waals surface area contributed by atoms with E-state index in [1.807, 2.05) is 18.3 Å². The van der Waals surface area contributed by atoms with Crippen LogP contribution in [-0.4, -0.2) is 46.2 Å². The first kappa shape index (κ1) is 36.2. The second-order valence-corrected chi connectivity index (χ2v) is 14.5. The van der Waals surface area contributed by atoms with Gasteiger partial charge in [0.15, 0.2) is 11.5 Å². The van der Waals surface area contributed by atoms with Crippen LogP contribution in [0.5, 0.6) is 17.2 Å². The van der Waals surface area contributed by atoms with Crippen LogP contribution in [0.4, 0.5) is 0 Å². The van der Waals surface area contributed by atoms with Gasteiger partial charge in [-0.2, -0.15) is 0 Å². The molecule has 1 aromatic carbocycles. The molecule has 7 rings (SSSR count). The fraction of sp³-hybridized carbons (Fsp3) is 0.295. The van der Waals surface area contributed by atoms with Crippen LogP contribution < -0.4 is 14.2 Å². The minimum absolute atomic E-state index is 0.262. The molecule has 0 radical (unpaired) electrons. The molecule has 1 unspecified atom stereocenters. The number of rotatable bonds is 12. The molecule has 272 valence electrons. The van der Waals surface area contributed by atoms with Gasteiger partial charge in [0.25, 0.3) is 0 Å². The summed E-state index contributed by atoms with van der Waals surface area (Å²) in [5.74, 6) is 1.92. The lowest BCUT2D eigenvalue weighted by Gasteiger charge is -2.15. The van der Waals surface area contributed by atoms with E-state index in [0.717, 1.165) is 90.8 Å². The summed E-state index contributed by atoms with van der Waals surface area (Å²) < 4.78 is 18.2. The number of methoxy groups -OCH3 is 3. The van der Waals surface area contributed by atoms with E-state index in [-0.39, 0.29) is 5.92 Å². The van der Waals surface area contributed by atoms with Crippen LogP contribution in [0.3, 0.4) is 0 Å². The Balaban J connectivity index is 1.64. The molecule has 1 atom stereocenters. The number of unbranched alkanes of at least 4 members (excludes halogenated alkanes) is 3. The maximum atomic E-state index is 5.82. The fourth-order valence-corrected chi connectivity index (χ4v) is 7.75. The zero-order valence-corrected chi connectivity index (χ0v) is 32.9. The number of benzene rings is 1. The highest BCUT2D eigenvalue weighted by molar-refractivity contribution is 9.10. The van der Waals surface area contributed by atoms with Crippen molar-refractivity contribution >= 4 is 62.3 Å². The number of nitrogens with one attached hydrogen (secondary N) is 2. The van der Waals surface area contributed by atoms with Gasteiger partial charge in [-0.25, -0.2) is 9.97 Å². The molecule has 8 bridgehead atoms. The summed E-state index contributed by atoms with van der Waals surface area (Å²) >= 11 is 3.66. The molecule has 0 aliphatic carbocycles. The third-order valence-electron chi connectivity index (χ3n) is 10.2. The third kappa shape index (κ3) is 7.14. The minimum atomic E-state index is 0.262. The van der Waals surface area contributed by atoms with E-state index >= 15 is 0 Å². The highest BCUT2D eigenvalue weighted by Gasteiger charge is 2.21. The van der Waals surface area contributed by atoms with E-state index in [1.54, 1.807) is 27.5 Å². The number of ether oxygens (including phenoxy) is 3. The predicted molar refractivity (Wildman–Crippen MR) is 221 cm³/mol. The van der Waals surface area contributed by atoms with Crippen molar-refractivity contribution in [1.82, 2.24) is 24.9 Å². The maximum absolute atomic E-state index is 5.82. The van der Waals surface area contributed by atoms with Crippen molar-refractivity contribution in [3.63, 3.8) is 0 Å². The van der Waals surface area contributed by atoms with Gasteiger partial charge in [-0.1, -0.05) is 40.0 Å². The number of halogens is 1. The van der Waals surface area contributed by atoms with Crippen LogP contribution >= 0.6 is 15.9 Å². The Bertz CT molecular complexity index is 2360. The first-order chi connectivity index (χ1) is 25.9. The number of fused-ring (bicyclic) bond motifs is 8. The van der Waals surface area contributed by atoms with Crippen LogP contribution in [0.15, 0.2) is 59.3 Å². The Morgan fingerprint density at radius 1 is 0.660 bits per heavy atom. The zero-order valence-electron chi connectivity index (χ0n) is 31.3. The van der Waals surface area contributed by atoms with Crippen molar-refractivity contribution in [2.24, 2.45) is 0 Å². The van der Waals surface area contributed by atoms with Crippen LogP contribution in [-0.2, 0) is 6.42 Å². The SMILES string of the molecule is CCCCCCc1c2nc(c(C(C)CC)c3ccc([nH]3)c(-c3cc(OC)c(OC)c(OC)c3)c3nc(c(-c4cncc(Br)c4)c4ccc1[nH]4)C=C3)C=C2. The third-order valence-corrected chi connectivity index (χ3v) is 10.7. The summed E-state index contributed by atoms with van der Waals surface area (Å²) in [4.78, 5) is 22.9. The minimum Gasteiger partial charge on any atom is -0.493 e. The molecule has 0 saturated carbocycles. The molecule has 0 amide bonds. The zero-order chi connectivity index (χ0) is 37.1. The molecular weight excluding hydrogens is 726 g/mol. The lowest BCUT2D eigenvalue weighted by atomic mass is 9.97. The number of aryl methyl sites for hydroxylation is 1. The molecule has 53 heavy (non-hydrogen) atoms. The van der Waals surface area contributed by atoms with Crippen molar-refractivity contribution in [2.45, 2.75) is 65.2 Å². The summed E-state index contributed by atoms with van der Waals surface area (Å²) in [6, 6.07) is 14.7. The van der Waals surface area contributed by atoms with Gasteiger partial charge in [-0.3, -0.25) is 4.98 Å². The summed E-state index contributed by atoms with van der Waals surface area (Å²) in [5.41, 5.74) is 13.7. The molecule has 0 saturated heterocycles. The number of aromatic amines is 2. The summed E-state index contributed by atoms with van der Waals surface area (Å²) in [7, 11) is 4.89. The van der Waals surface area contributed by atoms with E-state index in [4.69, 9.17) is 24.2 Å². The van der Waals surface area contributed by atoms with Gasteiger partial charge < -0.3 is 24.2 Å². The highest BCUT2D eigenvalue weighted by atomic mass is 79.9. The van der Waals surface area contributed by atoms with Gasteiger partial charge in [-0.05, 0) is 113 Å². The Labute approximate surface area is 319 Å². The Hall–Kier alpha value is -5.15. The first-order valence-corrected chi connectivity index (χ1v) is 19.2. The number of hydrogen-bond donors (Lipinski definition) is 2. The average Bonchev–Trinajstić information content (AvgIpc) is 4.01. The van der Waals surface area contributed by atoms with Gasteiger partial charge in [0.2, 0.25) is 5.75 Å². The lowest BCUT2D eigenvalue weighted by molar-refractivity contribution is 0.324. The highest BCUT2D eigenvalue weighted by Crippen LogP contribution is 2.44. The molecule has 6 heterocycles. The second-order valence-electron chi connectivity index (χ2n) is 13.6. The van der Waals surface area contributed by atoms with Crippen LogP contribution in [0.25, 0.3) is 68.6 Å². The Morgan fingerprint density at radius 2 is 1.26 bits per heavy atom. The lowest BCUT2D eigenvalue weighted by Crippen LogP contribution is -1.97. The molecule has 2 aliphatic rings. The fourth-order valence-electron chi connectivity index (χ4n) is 7.38. The van der Waals surface area contributed by atoms with E-state index in [2.05, 4.69) is 106 Å². The molecule has 4 aromatic heterocycles. The van der Waals surface area contributed by atoms with Gasteiger partial charge in [0.1, 0.15) is 0 Å². The Kier molecular flexibility index (Phi) is 10.8. The predicted octanol–water partition coefficient (Wildman–Crippen LogP) is 11.8. The van der Waals surface area contributed by atoms with Crippen LogP contribution in [0, 0.1) is 0 Å². The van der Waals surface area contributed by atoms with Crippen molar-refractivity contribution in [2.75, 3.05) is 21.3 Å². The van der Waals surface area contributed by atoms with E-state index in [9.17, 15) is 0 Å². The van der Waals surface area contributed by atoms with E-state index in [0.29, 0.717) is 17.2 Å². The smallest absolute Gasteiger partial charge is 0.203 e. The topological polar surface area (TPSA) is 97.9 Å². The molecule has 0 spiro atoms. The van der Waals surface area contributed by atoms with Crippen molar-refractivity contribution in [3.8, 4) is 39.5 Å². The standard InChI is InChI=1S/C44H46BrN5O3/c1-7-9-10-11-12-30-31-13-15-33(47-31)41(26(3)8-2)34-17-18-35(49-34)42(27-22-39(51-4)44(53-6)40(23-27)52-5)36-19-20-38(50-36)43(37-16-14-32(30)48-37)28-21-29(45)25-46-24-28/h13-26,48-49H,7-12H2,1-6H3. The molecule has 8 nitrogen and oxygen atoms in total. The summed E-state index contributed by atoms with van der Waals surface area (Å²) in [6.45, 7) is 6.76. The average molecular weight is 773 g/mol. The van der Waals surface area contributed by atoms with Crippen molar-refractivity contribution < 1.29 is 14.2 Å². The monoisotopic (exact) mass is 771 g/mol. The number of aromatic nitrogens is 5. The largest absolute Gasteiger partial charge is 0.493 e. The number of nitrogens with zero attached hydrogens (tertiary/aromatic N) is 3. The molecular formula is C44H46BrN5O3. The van der Waals surface area contributed by atoms with E-state index < -0.39 is 0 Å². The van der Waals surface area contributed by atoms with Gasteiger partial charge in [0.05, 0.1) is 44.1 Å². The second kappa shape index (κ2) is 15.8. The molecule has 5 aromatic rings. The van der Waals surface area contributed by atoms with Gasteiger partial charge >= 0.3 is 0 Å². The maximum Gasteiger partial charge on any atom is 0.203 e.